The Bertz CT molecular complexity index is 395. The van der Waals surface area contributed by atoms with Gasteiger partial charge in [0.1, 0.15) is 0 Å². The van der Waals surface area contributed by atoms with E-state index in [9.17, 15) is 0 Å². The first kappa shape index (κ1) is 11.2. The van der Waals surface area contributed by atoms with Crippen molar-refractivity contribution in [2.45, 2.75) is 26.1 Å². The highest BCUT2D eigenvalue weighted by Gasteiger charge is 2.39. The number of ether oxygens (including phenoxy) is 1. The second-order valence-electron chi connectivity index (χ2n) is 5.69. The summed E-state index contributed by atoms with van der Waals surface area (Å²) in [7, 11) is 0. The van der Waals surface area contributed by atoms with E-state index in [4.69, 9.17) is 10.5 Å². The van der Waals surface area contributed by atoms with Crippen molar-refractivity contribution in [3.63, 3.8) is 0 Å². The van der Waals surface area contributed by atoms with E-state index >= 15 is 0 Å². The van der Waals surface area contributed by atoms with E-state index in [0.29, 0.717) is 6.61 Å². The molecule has 0 amide bonds. The van der Waals surface area contributed by atoms with Gasteiger partial charge < -0.3 is 10.5 Å². The molecule has 1 fully saturated rings. The van der Waals surface area contributed by atoms with E-state index in [0.717, 1.165) is 26.2 Å². The molecule has 1 aromatic rings. The standard InChI is InChI=1S/C14H20N2O/c1-14(10-17-8-13(14)15)9-16-6-11-4-2-3-5-12(11)7-16/h2-5,13H,6-10,15H2,1H3. The van der Waals surface area contributed by atoms with Crippen molar-refractivity contribution >= 4 is 0 Å². The lowest BCUT2D eigenvalue weighted by molar-refractivity contribution is 0.118. The summed E-state index contributed by atoms with van der Waals surface area (Å²) < 4.78 is 5.51. The Hall–Kier alpha value is -0.900. The molecule has 3 heteroatoms. The Kier molecular flexibility index (Phi) is 2.69. The molecule has 0 spiro atoms. The van der Waals surface area contributed by atoms with Gasteiger partial charge in [-0.05, 0) is 11.1 Å². The fourth-order valence-electron chi connectivity index (χ4n) is 2.92. The lowest BCUT2D eigenvalue weighted by Gasteiger charge is -2.31. The fraction of sp³-hybridized carbons (Fsp3) is 0.571. The van der Waals surface area contributed by atoms with Gasteiger partial charge in [0, 0.05) is 31.1 Å². The van der Waals surface area contributed by atoms with Crippen molar-refractivity contribution in [1.29, 1.82) is 0 Å². The van der Waals surface area contributed by atoms with Gasteiger partial charge in [0.25, 0.3) is 0 Å². The van der Waals surface area contributed by atoms with Gasteiger partial charge in [0.15, 0.2) is 0 Å². The van der Waals surface area contributed by atoms with E-state index < -0.39 is 0 Å². The summed E-state index contributed by atoms with van der Waals surface area (Å²) in [6.45, 7) is 6.88. The lowest BCUT2D eigenvalue weighted by Crippen LogP contribution is -2.45. The van der Waals surface area contributed by atoms with Crippen LogP contribution in [0.5, 0.6) is 0 Å². The number of hydrogen-bond acceptors (Lipinski definition) is 3. The quantitative estimate of drug-likeness (QED) is 0.837. The van der Waals surface area contributed by atoms with E-state index in [1.807, 2.05) is 0 Å². The predicted molar refractivity (Wildman–Crippen MR) is 67.5 cm³/mol. The molecule has 3 rings (SSSR count). The van der Waals surface area contributed by atoms with Crippen molar-refractivity contribution in [3.8, 4) is 0 Å². The third kappa shape index (κ3) is 1.99. The molecule has 2 atom stereocenters. The topological polar surface area (TPSA) is 38.5 Å². The molecule has 0 aromatic heterocycles. The second-order valence-corrected chi connectivity index (χ2v) is 5.69. The van der Waals surface area contributed by atoms with Crippen LogP contribution in [0.25, 0.3) is 0 Å². The van der Waals surface area contributed by atoms with Crippen molar-refractivity contribution in [3.05, 3.63) is 35.4 Å². The Balaban J connectivity index is 1.70. The zero-order chi connectivity index (χ0) is 11.9. The van der Waals surface area contributed by atoms with Crippen LogP contribution in [0.3, 0.4) is 0 Å². The first-order chi connectivity index (χ1) is 8.17. The SMILES string of the molecule is CC1(CN2Cc3ccccc3C2)COCC1N. The van der Waals surface area contributed by atoms with Crippen molar-refractivity contribution < 1.29 is 4.74 Å². The van der Waals surface area contributed by atoms with Crippen LogP contribution in [-0.2, 0) is 17.8 Å². The smallest absolute Gasteiger partial charge is 0.0624 e. The first-order valence-electron chi connectivity index (χ1n) is 6.30. The number of nitrogens with two attached hydrogens (primary N) is 1. The highest BCUT2D eigenvalue weighted by Crippen LogP contribution is 2.31. The minimum absolute atomic E-state index is 0.113. The second kappa shape index (κ2) is 4.09. The molecule has 92 valence electrons. The summed E-state index contributed by atoms with van der Waals surface area (Å²) in [5.41, 5.74) is 9.18. The van der Waals surface area contributed by atoms with E-state index in [2.05, 4.69) is 36.1 Å². The van der Waals surface area contributed by atoms with Crippen LogP contribution in [0.1, 0.15) is 18.1 Å². The minimum atomic E-state index is 0.113. The molecule has 2 heterocycles. The molecule has 3 nitrogen and oxygen atoms in total. The number of fused-ring (bicyclic) bond motifs is 1. The summed E-state index contributed by atoms with van der Waals surface area (Å²) in [4.78, 5) is 2.49. The Labute approximate surface area is 103 Å². The van der Waals surface area contributed by atoms with Crippen LogP contribution in [0.4, 0.5) is 0 Å². The number of benzene rings is 1. The van der Waals surface area contributed by atoms with E-state index in [1.54, 1.807) is 0 Å². The highest BCUT2D eigenvalue weighted by atomic mass is 16.5. The normalized spacial score (nSPS) is 32.9. The van der Waals surface area contributed by atoms with Gasteiger partial charge >= 0.3 is 0 Å². The van der Waals surface area contributed by atoms with E-state index in [-0.39, 0.29) is 11.5 Å². The number of nitrogens with zero attached hydrogens (tertiary/aromatic N) is 1. The van der Waals surface area contributed by atoms with Crippen molar-refractivity contribution in [2.24, 2.45) is 11.1 Å². The molecule has 17 heavy (non-hydrogen) atoms. The maximum absolute atomic E-state index is 6.14. The van der Waals surface area contributed by atoms with Crippen LogP contribution in [0.15, 0.2) is 24.3 Å². The Morgan fingerprint density at radius 3 is 2.53 bits per heavy atom. The van der Waals surface area contributed by atoms with Gasteiger partial charge in [-0.2, -0.15) is 0 Å². The number of rotatable bonds is 2. The summed E-state index contributed by atoms with van der Waals surface area (Å²) >= 11 is 0. The first-order valence-corrected chi connectivity index (χ1v) is 6.30. The van der Waals surface area contributed by atoms with Gasteiger partial charge in [-0.15, -0.1) is 0 Å². The molecule has 1 saturated heterocycles. The minimum Gasteiger partial charge on any atom is -0.379 e. The third-order valence-electron chi connectivity index (χ3n) is 4.12. The average Bonchev–Trinajstić information content (AvgIpc) is 2.83. The summed E-state index contributed by atoms with van der Waals surface area (Å²) in [6.07, 6.45) is 0. The van der Waals surface area contributed by atoms with Crippen molar-refractivity contribution in [2.75, 3.05) is 19.8 Å². The molecule has 0 saturated carbocycles. The van der Waals surface area contributed by atoms with Crippen LogP contribution >= 0.6 is 0 Å². The summed E-state index contributed by atoms with van der Waals surface area (Å²) in [5.74, 6) is 0. The van der Waals surface area contributed by atoms with Gasteiger partial charge in [-0.25, -0.2) is 0 Å². The molecular weight excluding hydrogens is 212 g/mol. The van der Waals surface area contributed by atoms with Gasteiger partial charge in [-0.1, -0.05) is 31.2 Å². The van der Waals surface area contributed by atoms with Crippen LogP contribution in [0.2, 0.25) is 0 Å². The summed E-state index contributed by atoms with van der Waals surface area (Å²) in [6, 6.07) is 8.86. The fourth-order valence-corrected chi connectivity index (χ4v) is 2.92. The molecule has 2 N–H and O–H groups in total. The third-order valence-corrected chi connectivity index (χ3v) is 4.12. The Morgan fingerprint density at radius 1 is 1.35 bits per heavy atom. The molecule has 0 aliphatic carbocycles. The molecule has 0 bridgehead atoms. The molecule has 0 radical (unpaired) electrons. The zero-order valence-corrected chi connectivity index (χ0v) is 10.4. The molecule has 2 aliphatic heterocycles. The maximum atomic E-state index is 6.14. The monoisotopic (exact) mass is 232 g/mol. The largest absolute Gasteiger partial charge is 0.379 e. The van der Waals surface area contributed by atoms with Gasteiger partial charge in [-0.3, -0.25) is 4.90 Å². The zero-order valence-electron chi connectivity index (χ0n) is 10.4. The molecular formula is C14H20N2O. The maximum Gasteiger partial charge on any atom is 0.0624 e. The van der Waals surface area contributed by atoms with Crippen LogP contribution < -0.4 is 5.73 Å². The van der Waals surface area contributed by atoms with Crippen LogP contribution in [0, 0.1) is 5.41 Å². The molecule has 2 unspecified atom stereocenters. The van der Waals surface area contributed by atoms with E-state index in [1.165, 1.54) is 11.1 Å². The Morgan fingerprint density at radius 2 is 2.00 bits per heavy atom. The number of hydrogen-bond donors (Lipinski definition) is 1. The van der Waals surface area contributed by atoms with Crippen molar-refractivity contribution in [1.82, 2.24) is 4.90 Å². The lowest BCUT2D eigenvalue weighted by atomic mass is 9.85. The predicted octanol–water partition coefficient (Wildman–Crippen LogP) is 1.37. The molecule has 2 aliphatic rings. The average molecular weight is 232 g/mol. The van der Waals surface area contributed by atoms with Gasteiger partial charge in [0.2, 0.25) is 0 Å². The highest BCUT2D eigenvalue weighted by molar-refractivity contribution is 5.30. The van der Waals surface area contributed by atoms with Gasteiger partial charge in [0.05, 0.1) is 13.2 Å². The van der Waals surface area contributed by atoms with Crippen LogP contribution in [-0.4, -0.2) is 30.7 Å². The summed E-state index contributed by atoms with van der Waals surface area (Å²) in [5, 5.41) is 0. The molecule has 1 aromatic carbocycles.